The highest BCUT2D eigenvalue weighted by Crippen LogP contribution is 2.12. The molecule has 0 aliphatic heterocycles. The molecule has 0 aromatic heterocycles. The molecule has 0 saturated heterocycles. The lowest BCUT2D eigenvalue weighted by molar-refractivity contribution is -0.873. The van der Waals surface area contributed by atoms with Gasteiger partial charge in [0.1, 0.15) is 13.2 Å². The first-order chi connectivity index (χ1) is 25.3. The number of likely N-dealkylation sites (N-methyl/N-ethyl adjacent to an activating group) is 1. The van der Waals surface area contributed by atoms with Crippen molar-refractivity contribution in [3.8, 4) is 0 Å². The predicted octanol–water partition coefficient (Wildman–Crippen LogP) is 10.9. The van der Waals surface area contributed by atoms with Gasteiger partial charge in [0, 0.05) is 12.8 Å². The van der Waals surface area contributed by atoms with Crippen LogP contribution in [0.2, 0.25) is 0 Å². The second-order valence-corrected chi connectivity index (χ2v) is 16.0. The lowest BCUT2D eigenvalue weighted by Gasteiger charge is -2.28. The second kappa shape index (κ2) is 38.0. The summed E-state index contributed by atoms with van der Waals surface area (Å²) in [5, 5.41) is 0. The van der Waals surface area contributed by atoms with Crippen LogP contribution >= 0.6 is 0 Å². The lowest BCUT2D eigenvalue weighted by atomic mass is 10.1. The van der Waals surface area contributed by atoms with Gasteiger partial charge in [0.15, 0.2) is 6.10 Å². The van der Waals surface area contributed by atoms with Crippen molar-refractivity contribution in [1.29, 1.82) is 0 Å². The molecule has 0 bridgehead atoms. The minimum Gasteiger partial charge on any atom is -0.726 e. The van der Waals surface area contributed by atoms with Gasteiger partial charge in [-0.25, -0.2) is 8.42 Å². The van der Waals surface area contributed by atoms with Crippen molar-refractivity contribution in [2.24, 2.45) is 0 Å². The van der Waals surface area contributed by atoms with Crippen LogP contribution in [0.15, 0.2) is 48.6 Å². The Morgan fingerprint density at radius 3 is 1.32 bits per heavy atom. The Morgan fingerprint density at radius 2 is 0.943 bits per heavy atom. The molecule has 53 heavy (non-hydrogen) atoms. The van der Waals surface area contributed by atoms with Gasteiger partial charge in [0.25, 0.3) is 0 Å². The Balaban J connectivity index is 0. The third-order valence-electron chi connectivity index (χ3n) is 8.35. The summed E-state index contributed by atoms with van der Waals surface area (Å²) in [4.78, 5) is 24.9. The van der Waals surface area contributed by atoms with Crippen LogP contribution in [0.25, 0.3) is 0 Å². The third kappa shape index (κ3) is 47.7. The molecular weight excluding hydrogens is 691 g/mol. The van der Waals surface area contributed by atoms with Crippen molar-refractivity contribution in [3.63, 3.8) is 0 Å². The van der Waals surface area contributed by atoms with Crippen LogP contribution in [0.4, 0.5) is 0 Å². The Hall–Kier alpha value is -2.27. The molecule has 0 aliphatic rings. The number of carbonyl (C=O) groups is 2. The van der Waals surface area contributed by atoms with E-state index in [1.807, 2.05) is 0 Å². The van der Waals surface area contributed by atoms with E-state index in [9.17, 15) is 22.6 Å². The standard InChI is InChI=1S/C42H76NO4.CH4O4S/c1-6-8-10-12-14-16-18-20-22-24-26-28-30-32-34-36-41(44)46-39-40(38-43(3,4)5)47-42(45)37-35-33-31-29-27-25-23-21-19-17-15-13-11-9-7-2;1-5-6(2,3)4/h14-17,20-23,40H,6-13,18-19,24-39H2,1-5H3;1H3,(H,2,3,4)/q+1;/p-1/b16-14-,17-15-,22-20-,23-21-;. The number of esters is 2. The van der Waals surface area contributed by atoms with Crippen LogP contribution in [0.1, 0.15) is 168 Å². The van der Waals surface area contributed by atoms with Crippen molar-refractivity contribution in [2.45, 2.75) is 174 Å². The predicted molar refractivity (Wildman–Crippen MR) is 219 cm³/mol. The first kappa shape index (κ1) is 52.8. The van der Waals surface area contributed by atoms with E-state index in [0.717, 1.165) is 71.3 Å². The molecule has 0 N–H and O–H groups in total. The van der Waals surface area contributed by atoms with Gasteiger partial charge in [-0.2, -0.15) is 0 Å². The van der Waals surface area contributed by atoms with Crippen molar-refractivity contribution in [2.75, 3.05) is 41.4 Å². The summed E-state index contributed by atoms with van der Waals surface area (Å²) in [5.74, 6) is -0.370. The van der Waals surface area contributed by atoms with Gasteiger partial charge in [-0.3, -0.25) is 13.8 Å². The van der Waals surface area contributed by atoms with E-state index < -0.39 is 16.5 Å². The Morgan fingerprint density at radius 1 is 0.585 bits per heavy atom. The van der Waals surface area contributed by atoms with Gasteiger partial charge >= 0.3 is 11.9 Å². The van der Waals surface area contributed by atoms with Crippen molar-refractivity contribution in [3.05, 3.63) is 48.6 Å². The lowest BCUT2D eigenvalue weighted by Crippen LogP contribution is -2.45. The number of unbranched alkanes of at least 4 members (excludes halogenated alkanes) is 16. The number of hydrogen-bond donors (Lipinski definition) is 0. The van der Waals surface area contributed by atoms with Crippen LogP contribution in [0.3, 0.4) is 0 Å². The smallest absolute Gasteiger partial charge is 0.306 e. The molecule has 310 valence electrons. The highest BCUT2D eigenvalue weighted by atomic mass is 32.3. The highest BCUT2D eigenvalue weighted by molar-refractivity contribution is 7.80. The largest absolute Gasteiger partial charge is 0.726 e. The molecular formula is C43H79NO8S. The highest BCUT2D eigenvalue weighted by Gasteiger charge is 2.23. The molecule has 0 amide bonds. The fraction of sp³-hybridized carbons (Fsp3) is 0.767. The molecule has 0 aliphatic carbocycles. The first-order valence-electron chi connectivity index (χ1n) is 20.6. The molecule has 0 spiro atoms. The van der Waals surface area contributed by atoms with Crippen LogP contribution in [-0.4, -0.2) is 76.9 Å². The average Bonchev–Trinajstić information content (AvgIpc) is 3.10. The summed E-state index contributed by atoms with van der Waals surface area (Å²) in [7, 11) is 2.58. The summed E-state index contributed by atoms with van der Waals surface area (Å²) >= 11 is 0. The molecule has 1 unspecified atom stereocenters. The van der Waals surface area contributed by atoms with Crippen LogP contribution in [0.5, 0.6) is 0 Å². The van der Waals surface area contributed by atoms with Crippen LogP contribution in [0, 0.1) is 0 Å². The minimum absolute atomic E-state index is 0.141. The molecule has 0 fully saturated rings. The van der Waals surface area contributed by atoms with E-state index in [-0.39, 0.29) is 18.5 Å². The number of quaternary nitrogens is 1. The number of nitrogens with zero attached hydrogens (tertiary/aromatic N) is 1. The van der Waals surface area contributed by atoms with E-state index in [2.05, 4.69) is 87.8 Å². The van der Waals surface area contributed by atoms with Crippen LogP contribution in [-0.2, 0) is 33.6 Å². The molecule has 0 radical (unpaired) electrons. The second-order valence-electron chi connectivity index (χ2n) is 14.8. The average molecular weight is 770 g/mol. The Labute approximate surface area is 326 Å². The van der Waals surface area contributed by atoms with Gasteiger partial charge in [-0.05, 0) is 77.0 Å². The number of rotatable bonds is 34. The number of carbonyl (C=O) groups excluding carboxylic acids is 2. The van der Waals surface area contributed by atoms with E-state index in [1.165, 1.54) is 77.0 Å². The Kier molecular flexibility index (Phi) is 37.9. The van der Waals surface area contributed by atoms with E-state index in [0.29, 0.717) is 23.9 Å². The molecule has 10 heteroatoms. The van der Waals surface area contributed by atoms with E-state index in [1.54, 1.807) is 0 Å². The molecule has 9 nitrogen and oxygen atoms in total. The maximum absolute atomic E-state index is 12.6. The zero-order chi connectivity index (χ0) is 39.9. The molecule has 1 atom stereocenters. The Bertz CT molecular complexity index is 1080. The molecule has 0 rings (SSSR count). The zero-order valence-electron chi connectivity index (χ0n) is 34.7. The van der Waals surface area contributed by atoms with Crippen molar-refractivity contribution in [1.82, 2.24) is 0 Å². The summed E-state index contributed by atoms with van der Waals surface area (Å²) in [6.45, 7) is 5.24. The topological polar surface area (TPSA) is 119 Å². The van der Waals surface area contributed by atoms with Gasteiger partial charge in [-0.15, -0.1) is 0 Å². The number of hydrogen-bond acceptors (Lipinski definition) is 8. The third-order valence-corrected chi connectivity index (χ3v) is 8.76. The maximum Gasteiger partial charge on any atom is 0.306 e. The zero-order valence-corrected chi connectivity index (χ0v) is 35.5. The first-order valence-corrected chi connectivity index (χ1v) is 21.9. The van der Waals surface area contributed by atoms with Gasteiger partial charge in [0.2, 0.25) is 10.4 Å². The number of ether oxygens (including phenoxy) is 2. The summed E-state index contributed by atoms with van der Waals surface area (Å²) in [5.41, 5.74) is 0. The van der Waals surface area contributed by atoms with Gasteiger partial charge < -0.3 is 18.5 Å². The van der Waals surface area contributed by atoms with Gasteiger partial charge in [-0.1, -0.05) is 127 Å². The normalized spacial score (nSPS) is 12.9. The molecule has 0 aromatic carbocycles. The molecule has 0 saturated carbocycles. The van der Waals surface area contributed by atoms with Crippen molar-refractivity contribution < 1.29 is 40.7 Å². The fourth-order valence-corrected chi connectivity index (χ4v) is 5.40. The van der Waals surface area contributed by atoms with Crippen LogP contribution < -0.4 is 0 Å². The summed E-state index contributed by atoms with van der Waals surface area (Å²) in [6, 6.07) is 0. The van der Waals surface area contributed by atoms with Crippen molar-refractivity contribution >= 4 is 22.3 Å². The van der Waals surface area contributed by atoms with E-state index >= 15 is 0 Å². The summed E-state index contributed by atoms with van der Waals surface area (Å²) < 4.78 is 43.0. The SMILES string of the molecule is CCCCC/C=C\C/C=C\CCCCCCCC(=O)OCC(C[N+](C)(C)C)OC(=O)CCCCCCC/C=C\C/C=C\CCCCC.COS(=O)(=O)[O-]. The van der Waals surface area contributed by atoms with E-state index in [4.69, 9.17) is 9.47 Å². The fourth-order valence-electron chi connectivity index (χ4n) is 5.40. The maximum atomic E-state index is 12.6. The van der Waals surface area contributed by atoms with Gasteiger partial charge in [0.05, 0.1) is 28.3 Å². The number of allylic oxidation sites excluding steroid dienone is 8. The summed E-state index contributed by atoms with van der Waals surface area (Å²) in [6.07, 6.45) is 44.2. The quantitative estimate of drug-likeness (QED) is 0.0158. The monoisotopic (exact) mass is 770 g/mol. The molecule has 0 heterocycles. The minimum atomic E-state index is -4.41. The molecule has 0 aromatic rings.